The number of halogens is 1. The summed E-state index contributed by atoms with van der Waals surface area (Å²) in [7, 11) is -3.92. The number of hydrogen-bond acceptors (Lipinski definition) is 3. The topological polar surface area (TPSA) is 75.3 Å². The van der Waals surface area contributed by atoms with Crippen molar-refractivity contribution >= 4 is 33.2 Å². The fraction of sp³-hybridized carbons (Fsp3) is 0.278. The summed E-state index contributed by atoms with van der Waals surface area (Å²) in [4.78, 5) is 11.9. The summed E-state index contributed by atoms with van der Waals surface area (Å²) in [6, 6.07) is 9.62. The Kier molecular flexibility index (Phi) is 6.08. The first-order chi connectivity index (χ1) is 11.7. The lowest BCUT2D eigenvalue weighted by molar-refractivity contribution is 0.0953. The molecule has 2 rings (SSSR count). The molecule has 134 valence electrons. The molecule has 7 heteroatoms. The summed E-state index contributed by atoms with van der Waals surface area (Å²) in [6.45, 7) is 6.21. The van der Waals surface area contributed by atoms with Crippen LogP contribution in [0, 0.1) is 13.8 Å². The minimum atomic E-state index is -3.92. The zero-order chi connectivity index (χ0) is 18.6. The molecule has 2 aromatic carbocycles. The number of rotatable bonds is 6. The normalized spacial score (nSPS) is 11.2. The van der Waals surface area contributed by atoms with Gasteiger partial charge in [0.15, 0.2) is 0 Å². The highest BCUT2D eigenvalue weighted by atomic mass is 35.5. The van der Waals surface area contributed by atoms with Crippen LogP contribution in [-0.2, 0) is 10.0 Å². The van der Waals surface area contributed by atoms with Gasteiger partial charge in [-0.25, -0.2) is 8.42 Å². The molecule has 25 heavy (non-hydrogen) atoms. The zero-order valence-corrected chi connectivity index (χ0v) is 16.0. The molecule has 0 aliphatic carbocycles. The minimum absolute atomic E-state index is 0.0595. The number of anilines is 1. The number of sulfonamides is 1. The molecular formula is C18H21ClN2O3S. The molecule has 0 heterocycles. The lowest BCUT2D eigenvalue weighted by Crippen LogP contribution is -2.24. The Balaban J connectivity index is 2.36. The molecular weight excluding hydrogens is 360 g/mol. The van der Waals surface area contributed by atoms with Gasteiger partial charge in [0.2, 0.25) is 0 Å². The largest absolute Gasteiger partial charge is 0.352 e. The highest BCUT2D eigenvalue weighted by molar-refractivity contribution is 7.92. The van der Waals surface area contributed by atoms with Gasteiger partial charge < -0.3 is 5.32 Å². The van der Waals surface area contributed by atoms with E-state index in [1.54, 1.807) is 6.07 Å². The Morgan fingerprint density at radius 2 is 1.84 bits per heavy atom. The van der Waals surface area contributed by atoms with Crippen molar-refractivity contribution < 1.29 is 13.2 Å². The molecule has 0 bridgehead atoms. The predicted octanol–water partition coefficient (Wildman–Crippen LogP) is 3.90. The number of aryl methyl sites for hydroxylation is 2. The highest BCUT2D eigenvalue weighted by Crippen LogP contribution is 2.26. The van der Waals surface area contributed by atoms with E-state index in [4.69, 9.17) is 11.6 Å². The molecule has 0 aromatic heterocycles. The Bertz CT molecular complexity index is 895. The van der Waals surface area contributed by atoms with Crippen LogP contribution >= 0.6 is 11.6 Å². The number of hydrogen-bond donors (Lipinski definition) is 2. The molecule has 0 saturated heterocycles. The SMILES string of the molecule is CCCNC(=O)c1ccc(Cl)c(S(=O)(=O)Nc2ccc(C)cc2C)c1. The lowest BCUT2D eigenvalue weighted by Gasteiger charge is -2.13. The summed E-state index contributed by atoms with van der Waals surface area (Å²) in [5.74, 6) is -0.332. The zero-order valence-electron chi connectivity index (χ0n) is 14.4. The minimum Gasteiger partial charge on any atom is -0.352 e. The molecule has 0 fully saturated rings. The van der Waals surface area contributed by atoms with Crippen molar-refractivity contribution in [2.75, 3.05) is 11.3 Å². The van der Waals surface area contributed by atoms with E-state index in [-0.39, 0.29) is 21.4 Å². The van der Waals surface area contributed by atoms with Gasteiger partial charge in [0.1, 0.15) is 4.90 Å². The van der Waals surface area contributed by atoms with E-state index in [1.807, 2.05) is 32.9 Å². The molecule has 1 amide bonds. The first-order valence-electron chi connectivity index (χ1n) is 7.92. The summed E-state index contributed by atoms with van der Waals surface area (Å²) in [5.41, 5.74) is 2.56. The van der Waals surface area contributed by atoms with Crippen LogP contribution in [0.4, 0.5) is 5.69 Å². The van der Waals surface area contributed by atoms with Crippen molar-refractivity contribution in [2.24, 2.45) is 0 Å². The van der Waals surface area contributed by atoms with E-state index in [9.17, 15) is 13.2 Å². The monoisotopic (exact) mass is 380 g/mol. The van der Waals surface area contributed by atoms with Crippen molar-refractivity contribution in [3.05, 3.63) is 58.1 Å². The van der Waals surface area contributed by atoms with E-state index < -0.39 is 10.0 Å². The fourth-order valence-electron chi connectivity index (χ4n) is 2.32. The third-order valence-corrected chi connectivity index (χ3v) is 5.49. The third-order valence-electron chi connectivity index (χ3n) is 3.64. The molecule has 2 aromatic rings. The van der Waals surface area contributed by atoms with Crippen molar-refractivity contribution in [2.45, 2.75) is 32.1 Å². The van der Waals surface area contributed by atoms with Crippen molar-refractivity contribution in [1.82, 2.24) is 5.32 Å². The van der Waals surface area contributed by atoms with Crippen LogP contribution in [0.2, 0.25) is 5.02 Å². The van der Waals surface area contributed by atoms with Gasteiger partial charge in [-0.15, -0.1) is 0 Å². The predicted molar refractivity (Wildman–Crippen MR) is 101 cm³/mol. The van der Waals surface area contributed by atoms with Crippen LogP contribution in [0.15, 0.2) is 41.3 Å². The molecule has 0 saturated carbocycles. The van der Waals surface area contributed by atoms with E-state index in [1.165, 1.54) is 18.2 Å². The maximum Gasteiger partial charge on any atom is 0.263 e. The first-order valence-corrected chi connectivity index (χ1v) is 9.78. The van der Waals surface area contributed by atoms with Gasteiger partial charge in [-0.2, -0.15) is 0 Å². The van der Waals surface area contributed by atoms with Gasteiger partial charge in [0.05, 0.1) is 10.7 Å². The average molecular weight is 381 g/mol. The summed E-state index contributed by atoms with van der Waals surface area (Å²) < 4.78 is 28.0. The number of amides is 1. The highest BCUT2D eigenvalue weighted by Gasteiger charge is 2.21. The van der Waals surface area contributed by atoms with Gasteiger partial charge in [0, 0.05) is 12.1 Å². The van der Waals surface area contributed by atoms with E-state index in [2.05, 4.69) is 10.0 Å². The summed E-state index contributed by atoms with van der Waals surface area (Å²) >= 11 is 6.07. The maximum absolute atomic E-state index is 12.7. The molecule has 0 atom stereocenters. The third kappa shape index (κ3) is 4.74. The summed E-state index contributed by atoms with van der Waals surface area (Å²) in [6.07, 6.45) is 0.790. The van der Waals surface area contributed by atoms with E-state index in [0.29, 0.717) is 12.2 Å². The van der Waals surface area contributed by atoms with Crippen LogP contribution in [-0.4, -0.2) is 20.9 Å². The smallest absolute Gasteiger partial charge is 0.263 e. The van der Waals surface area contributed by atoms with Gasteiger partial charge in [-0.3, -0.25) is 9.52 Å². The second-order valence-corrected chi connectivity index (χ2v) is 7.88. The molecule has 0 spiro atoms. The fourth-order valence-corrected chi connectivity index (χ4v) is 3.98. The molecule has 0 radical (unpaired) electrons. The Hall–Kier alpha value is -2.05. The summed E-state index contributed by atoms with van der Waals surface area (Å²) in [5, 5.41) is 2.77. The standard InChI is InChI=1S/C18H21ClN2O3S/c1-4-9-20-18(22)14-6-7-15(19)17(11-14)25(23,24)21-16-8-5-12(2)10-13(16)3/h5-8,10-11,21H,4,9H2,1-3H3,(H,20,22). The first kappa shape index (κ1) is 19.3. The van der Waals surface area contributed by atoms with Crippen LogP contribution < -0.4 is 10.0 Å². The number of nitrogens with one attached hydrogen (secondary N) is 2. The number of carbonyl (C=O) groups is 1. The molecule has 5 nitrogen and oxygen atoms in total. The van der Waals surface area contributed by atoms with Crippen LogP contribution in [0.3, 0.4) is 0 Å². The van der Waals surface area contributed by atoms with Gasteiger partial charge >= 0.3 is 0 Å². The van der Waals surface area contributed by atoms with E-state index >= 15 is 0 Å². The quantitative estimate of drug-likeness (QED) is 0.798. The Morgan fingerprint density at radius 3 is 2.48 bits per heavy atom. The average Bonchev–Trinajstić information content (AvgIpc) is 2.55. The van der Waals surface area contributed by atoms with Crippen molar-refractivity contribution in [1.29, 1.82) is 0 Å². The van der Waals surface area contributed by atoms with Crippen LogP contribution in [0.1, 0.15) is 34.8 Å². The lowest BCUT2D eigenvalue weighted by atomic mass is 10.1. The molecule has 2 N–H and O–H groups in total. The van der Waals surface area contributed by atoms with Crippen molar-refractivity contribution in [3.63, 3.8) is 0 Å². The molecule has 0 aliphatic rings. The second kappa shape index (κ2) is 7.89. The van der Waals surface area contributed by atoms with E-state index in [0.717, 1.165) is 17.5 Å². The Morgan fingerprint density at radius 1 is 1.12 bits per heavy atom. The van der Waals surface area contributed by atoms with Gasteiger partial charge in [0.25, 0.3) is 15.9 Å². The van der Waals surface area contributed by atoms with Crippen LogP contribution in [0.5, 0.6) is 0 Å². The molecule has 0 aliphatic heterocycles. The maximum atomic E-state index is 12.7. The number of benzene rings is 2. The Labute approximate surface area is 153 Å². The second-order valence-electron chi connectivity index (χ2n) is 5.82. The van der Waals surface area contributed by atoms with Gasteiger partial charge in [-0.05, 0) is 50.1 Å². The van der Waals surface area contributed by atoms with Crippen LogP contribution in [0.25, 0.3) is 0 Å². The van der Waals surface area contributed by atoms with Gasteiger partial charge in [-0.1, -0.05) is 36.2 Å². The van der Waals surface area contributed by atoms with Crippen molar-refractivity contribution in [3.8, 4) is 0 Å². The number of carbonyl (C=O) groups excluding carboxylic acids is 1. The molecule has 0 unspecified atom stereocenters.